The van der Waals surface area contributed by atoms with Crippen molar-refractivity contribution in [3.05, 3.63) is 82.0 Å². The van der Waals surface area contributed by atoms with E-state index in [1.165, 1.54) is 6.33 Å². The van der Waals surface area contributed by atoms with Gasteiger partial charge in [0.15, 0.2) is 11.4 Å². The van der Waals surface area contributed by atoms with Crippen LogP contribution in [0.5, 0.6) is 11.5 Å². The van der Waals surface area contributed by atoms with Crippen molar-refractivity contribution in [2.45, 2.75) is 0 Å². The van der Waals surface area contributed by atoms with Crippen LogP contribution in [0.15, 0.2) is 61.1 Å². The van der Waals surface area contributed by atoms with Gasteiger partial charge < -0.3 is 9.72 Å². The highest BCUT2D eigenvalue weighted by Crippen LogP contribution is 2.31. The predicted molar refractivity (Wildman–Crippen MR) is 103 cm³/mol. The van der Waals surface area contributed by atoms with E-state index in [-0.39, 0.29) is 16.6 Å². The van der Waals surface area contributed by atoms with E-state index in [0.29, 0.717) is 33.7 Å². The fraction of sp³-hybridized carbons (Fsp3) is 0. The summed E-state index contributed by atoms with van der Waals surface area (Å²) in [6.07, 6.45) is 2.86. The number of nitrogens with zero attached hydrogens (tertiary/aromatic N) is 3. The van der Waals surface area contributed by atoms with Gasteiger partial charge in [0.1, 0.15) is 23.5 Å². The molecule has 1 N–H and O–H groups in total. The molecule has 4 rings (SSSR count). The smallest absolute Gasteiger partial charge is 0.438 e. The fourth-order valence-electron chi connectivity index (χ4n) is 2.74. The second kappa shape index (κ2) is 6.90. The maximum atomic E-state index is 13.0. The molecule has 0 unspecified atom stereocenters. The van der Waals surface area contributed by atoms with Crippen molar-refractivity contribution in [1.29, 1.82) is 0 Å². The van der Waals surface area contributed by atoms with E-state index in [9.17, 15) is 4.79 Å². The minimum Gasteiger partial charge on any atom is -0.457 e. The minimum atomic E-state index is -0.294. The highest BCUT2D eigenvalue weighted by molar-refractivity contribution is 6.35. The maximum absolute atomic E-state index is 13.0. The molecule has 0 spiro atoms. The molecule has 2 aromatic carbocycles. The quantitative estimate of drug-likeness (QED) is 0.496. The number of rotatable bonds is 4. The summed E-state index contributed by atoms with van der Waals surface area (Å²) in [5.41, 5.74) is 1.14. The molecule has 2 heterocycles. The first-order valence-electron chi connectivity index (χ1n) is 7.97. The Morgan fingerprint density at radius 1 is 1.07 bits per heavy atom. The minimum absolute atomic E-state index is 0.227. The number of hydrogen-bond donors (Lipinski definition) is 1. The third-order valence-corrected chi connectivity index (χ3v) is 4.29. The van der Waals surface area contributed by atoms with Crippen LogP contribution in [0.3, 0.4) is 0 Å². The number of para-hydroxylation sites is 1. The number of nitrogens with one attached hydrogen (secondary N) is 1. The van der Waals surface area contributed by atoms with Gasteiger partial charge in [-0.1, -0.05) is 29.8 Å². The number of H-pyrrole nitrogens is 1. The molecular formula is C20H12ClN4O2+. The SMILES string of the molecule is C#[N+]c1ncnc2[nH]cc(C(=O)c3ccc(Oc4ccccc4)cc3Cl)c12. The molecule has 4 aromatic rings. The van der Waals surface area contributed by atoms with Gasteiger partial charge in [-0.25, -0.2) is 0 Å². The molecule has 130 valence electrons. The normalized spacial score (nSPS) is 10.5. The Bertz CT molecular complexity index is 1200. The van der Waals surface area contributed by atoms with Gasteiger partial charge in [-0.2, -0.15) is 9.83 Å². The molecule has 0 saturated heterocycles. The Hall–Kier alpha value is -3.69. The highest BCUT2D eigenvalue weighted by atomic mass is 35.5. The van der Waals surface area contributed by atoms with E-state index in [0.717, 1.165) is 0 Å². The van der Waals surface area contributed by atoms with Crippen molar-refractivity contribution in [3.8, 4) is 18.1 Å². The Kier molecular flexibility index (Phi) is 4.29. The Morgan fingerprint density at radius 3 is 2.63 bits per heavy atom. The topological polar surface area (TPSA) is 72.2 Å². The number of ketones is 1. The molecule has 0 amide bonds. The van der Waals surface area contributed by atoms with E-state index >= 15 is 0 Å². The van der Waals surface area contributed by atoms with Gasteiger partial charge in [-0.15, -0.1) is 0 Å². The average Bonchev–Trinajstić information content (AvgIpc) is 3.13. The molecule has 0 fully saturated rings. The second-order valence-corrected chi connectivity index (χ2v) is 6.05. The number of ether oxygens (including phenoxy) is 1. The highest BCUT2D eigenvalue weighted by Gasteiger charge is 2.24. The molecule has 0 saturated carbocycles. The van der Waals surface area contributed by atoms with Crippen molar-refractivity contribution in [1.82, 2.24) is 15.0 Å². The van der Waals surface area contributed by atoms with E-state index in [1.54, 1.807) is 24.4 Å². The summed E-state index contributed by atoms with van der Waals surface area (Å²) in [7, 11) is 0. The Balaban J connectivity index is 1.70. The lowest BCUT2D eigenvalue weighted by atomic mass is 10.0. The van der Waals surface area contributed by atoms with Crippen molar-refractivity contribution in [2.24, 2.45) is 0 Å². The third-order valence-electron chi connectivity index (χ3n) is 3.98. The molecular weight excluding hydrogens is 364 g/mol. The number of carbonyl (C=O) groups excluding carboxylic acids is 1. The van der Waals surface area contributed by atoms with E-state index in [4.69, 9.17) is 22.9 Å². The van der Waals surface area contributed by atoms with Crippen LogP contribution in [0.4, 0.5) is 5.82 Å². The number of carbonyl (C=O) groups is 1. The zero-order valence-corrected chi connectivity index (χ0v) is 14.6. The number of fused-ring (bicyclic) bond motifs is 1. The van der Waals surface area contributed by atoms with Gasteiger partial charge >= 0.3 is 5.82 Å². The molecule has 6 nitrogen and oxygen atoms in total. The molecule has 0 aliphatic rings. The number of benzene rings is 2. The summed E-state index contributed by atoms with van der Waals surface area (Å²) in [6, 6.07) is 14.2. The number of hydrogen-bond acceptors (Lipinski definition) is 4. The molecule has 0 atom stereocenters. The van der Waals surface area contributed by atoms with Gasteiger partial charge in [0.05, 0.1) is 10.6 Å². The van der Waals surface area contributed by atoms with Crippen LogP contribution in [0, 0.1) is 6.57 Å². The second-order valence-electron chi connectivity index (χ2n) is 5.64. The lowest BCUT2D eigenvalue weighted by molar-refractivity contribution is 0.104. The largest absolute Gasteiger partial charge is 0.457 e. The average molecular weight is 376 g/mol. The van der Waals surface area contributed by atoms with Gasteiger partial charge in [0.25, 0.3) is 0 Å². The zero-order chi connectivity index (χ0) is 18.8. The number of aromatic nitrogens is 3. The van der Waals surface area contributed by atoms with Crippen molar-refractivity contribution in [3.63, 3.8) is 0 Å². The molecule has 0 bridgehead atoms. The van der Waals surface area contributed by atoms with Crippen LogP contribution >= 0.6 is 11.6 Å². The predicted octanol–water partition coefficient (Wildman–Crippen LogP) is 5.23. The lowest BCUT2D eigenvalue weighted by Gasteiger charge is -2.08. The summed E-state index contributed by atoms with van der Waals surface area (Å²) in [5.74, 6) is 1.14. The summed E-state index contributed by atoms with van der Waals surface area (Å²) < 4.78 is 5.74. The molecule has 27 heavy (non-hydrogen) atoms. The summed E-state index contributed by atoms with van der Waals surface area (Å²) >= 11 is 6.34. The van der Waals surface area contributed by atoms with Gasteiger partial charge in [0.2, 0.25) is 6.33 Å². The van der Waals surface area contributed by atoms with Crippen LogP contribution in [-0.2, 0) is 0 Å². The molecule has 7 heteroatoms. The standard InChI is InChI=1S/C20H11ClN4O2/c1-22-19-17-15(10-23-20(17)25-11-24-19)18(26)14-8-7-13(9-16(14)21)27-12-5-3-2-4-6-12/h1-11H/p+1. The number of aromatic amines is 1. The van der Waals surface area contributed by atoms with Gasteiger partial charge in [0, 0.05) is 17.8 Å². The van der Waals surface area contributed by atoms with Crippen LogP contribution in [0.25, 0.3) is 15.9 Å². The monoisotopic (exact) mass is 375 g/mol. The van der Waals surface area contributed by atoms with Crippen molar-refractivity contribution in [2.75, 3.05) is 0 Å². The van der Waals surface area contributed by atoms with Gasteiger partial charge in [-0.3, -0.25) is 4.79 Å². The van der Waals surface area contributed by atoms with E-state index in [1.807, 2.05) is 30.3 Å². The molecule has 0 aliphatic carbocycles. The Labute approximate surface area is 159 Å². The summed E-state index contributed by atoms with van der Waals surface area (Å²) in [4.78, 5) is 27.6. The number of halogens is 1. The first-order chi connectivity index (χ1) is 13.2. The van der Waals surface area contributed by atoms with Crippen LogP contribution in [0.1, 0.15) is 15.9 Å². The lowest BCUT2D eigenvalue weighted by Crippen LogP contribution is -2.02. The van der Waals surface area contributed by atoms with Gasteiger partial charge in [-0.05, 0) is 29.2 Å². The third kappa shape index (κ3) is 3.12. The van der Waals surface area contributed by atoms with E-state index in [2.05, 4.69) is 19.8 Å². The van der Waals surface area contributed by atoms with Crippen LogP contribution in [-0.4, -0.2) is 20.7 Å². The van der Waals surface area contributed by atoms with Crippen molar-refractivity contribution < 1.29 is 9.53 Å². The Morgan fingerprint density at radius 2 is 1.89 bits per heavy atom. The summed E-state index contributed by atoms with van der Waals surface area (Å²) in [6.45, 7) is 5.37. The fourth-order valence-corrected chi connectivity index (χ4v) is 2.99. The first kappa shape index (κ1) is 16.8. The maximum Gasteiger partial charge on any atom is 0.438 e. The van der Waals surface area contributed by atoms with E-state index < -0.39 is 0 Å². The summed E-state index contributed by atoms with van der Waals surface area (Å²) in [5, 5.41) is 0.719. The molecule has 0 radical (unpaired) electrons. The van der Waals surface area contributed by atoms with Crippen LogP contribution in [0.2, 0.25) is 5.02 Å². The molecule has 2 aromatic heterocycles. The first-order valence-corrected chi connectivity index (χ1v) is 8.35. The zero-order valence-electron chi connectivity index (χ0n) is 13.9. The molecule has 0 aliphatic heterocycles. The van der Waals surface area contributed by atoms with Crippen LogP contribution < -0.4 is 4.74 Å². The van der Waals surface area contributed by atoms with Crippen molar-refractivity contribution >= 4 is 34.2 Å².